The van der Waals surface area contributed by atoms with Crippen molar-refractivity contribution in [2.24, 2.45) is 0 Å². The van der Waals surface area contributed by atoms with Gasteiger partial charge < -0.3 is 50.6 Å². The van der Waals surface area contributed by atoms with Gasteiger partial charge in [0, 0.05) is 75.1 Å². The molecule has 3 aliphatic rings. The number of carbonyl (C=O) groups excluding carboxylic acids is 3. The number of piperazine rings is 1. The number of amides is 3. The first-order valence-corrected chi connectivity index (χ1v) is 25.9. The van der Waals surface area contributed by atoms with Crippen molar-refractivity contribution in [1.29, 1.82) is 0 Å². The number of thiazole rings is 1. The zero-order valence-electron chi connectivity index (χ0n) is 41.5. The Morgan fingerprint density at radius 1 is 1.00 bits per heavy atom. The maximum Gasteiger partial charge on any atom is 0.421 e. The molecule has 6 N–H and O–H groups in total. The highest BCUT2D eigenvalue weighted by molar-refractivity contribution is 8.00. The fourth-order valence-electron chi connectivity index (χ4n) is 8.67. The van der Waals surface area contributed by atoms with E-state index < -0.39 is 52.5 Å². The number of nitrogens with zero attached hydrogens (tertiary/aromatic N) is 6. The number of alkyl halides is 4. The molecule has 24 heteroatoms. The molecule has 73 heavy (non-hydrogen) atoms. The quantitative estimate of drug-likeness (QED) is 0.0399. The standard InChI is InChI=1S/C49H64F4N10O8S2/c1-30-39(72-29-57-30)32-8-6-31(7-9-32)26-55-42(65)37-25-34(64)28-63(37)44(67)40(59-45(68)48(50)12-13-48)47(2,3)73-23-22-71-21-20-70-19-18-61-14-16-62(17-15-61)43(66)33-10-11-36(38(24-33)69-5)58-46-56-27-35(49(51,52)53)41(54-4)60-46/h6-11,24,27,29,34,37,40,44,64,67H,12-23,25-26,28H2,1-5H3,(H,55,65)(H,59,68)(H2,54,56,58,60)/t34-,37+,40?,44?/m1/s1. The summed E-state index contributed by atoms with van der Waals surface area (Å²) in [5.41, 5.74) is 2.38. The second kappa shape index (κ2) is 24.4. The van der Waals surface area contributed by atoms with E-state index in [4.69, 9.17) is 14.2 Å². The Bertz CT molecular complexity index is 2510. The molecule has 0 bridgehead atoms. The van der Waals surface area contributed by atoms with Crippen LogP contribution in [0.3, 0.4) is 0 Å². The molecule has 7 rings (SSSR count). The van der Waals surface area contributed by atoms with E-state index in [9.17, 15) is 37.8 Å². The summed E-state index contributed by atoms with van der Waals surface area (Å²) in [5.74, 6) is -1.12. The number of aliphatic hydroxyl groups excluding tert-OH is 2. The number of halogens is 4. The summed E-state index contributed by atoms with van der Waals surface area (Å²) < 4.78 is 71.3. The van der Waals surface area contributed by atoms with Gasteiger partial charge in [-0.2, -0.15) is 29.9 Å². The second-order valence-electron chi connectivity index (χ2n) is 18.7. The van der Waals surface area contributed by atoms with Crippen LogP contribution in [-0.4, -0.2) is 178 Å². The van der Waals surface area contributed by atoms with Crippen molar-refractivity contribution in [2.45, 2.75) is 87.6 Å². The molecule has 0 spiro atoms. The van der Waals surface area contributed by atoms with Crippen LogP contribution in [0.5, 0.6) is 5.75 Å². The van der Waals surface area contributed by atoms with Gasteiger partial charge in [0.1, 0.15) is 23.4 Å². The summed E-state index contributed by atoms with van der Waals surface area (Å²) in [6.45, 7) is 10.2. The first-order chi connectivity index (χ1) is 34.8. The molecule has 2 aromatic carbocycles. The van der Waals surface area contributed by atoms with Gasteiger partial charge in [-0.1, -0.05) is 24.3 Å². The van der Waals surface area contributed by atoms with Crippen molar-refractivity contribution in [2.75, 3.05) is 96.2 Å². The molecule has 2 saturated heterocycles. The number of likely N-dealkylation sites (tertiary alicyclic amines) is 1. The van der Waals surface area contributed by atoms with E-state index in [0.717, 1.165) is 21.7 Å². The van der Waals surface area contributed by atoms with E-state index in [2.05, 4.69) is 41.1 Å². The van der Waals surface area contributed by atoms with Gasteiger partial charge in [0.2, 0.25) is 11.9 Å². The molecule has 4 heterocycles. The molecule has 2 unspecified atom stereocenters. The number of thioether (sulfide) groups is 1. The predicted octanol–water partition coefficient (Wildman–Crippen LogP) is 5.08. The van der Waals surface area contributed by atoms with Crippen LogP contribution in [0.1, 0.15) is 60.3 Å². The minimum Gasteiger partial charge on any atom is -0.495 e. The SMILES string of the molecule is CNc1nc(Nc2ccc(C(=O)N3CCN(CCOCCOCCSC(C)(C)C(NC(=O)C4(F)CC4)C(O)N4C[C@H](O)C[C@H]4C(=O)NCc4ccc(-c5scnc5C)cc4)CC3)cc2OC)ncc1C(F)(F)F. The number of ether oxygens (including phenoxy) is 3. The summed E-state index contributed by atoms with van der Waals surface area (Å²) in [4.78, 5) is 58.7. The average molecular weight is 1060 g/mol. The smallest absolute Gasteiger partial charge is 0.421 e. The number of hydrogen-bond acceptors (Lipinski definition) is 17. The summed E-state index contributed by atoms with van der Waals surface area (Å²) >= 11 is 2.98. The highest BCUT2D eigenvalue weighted by Crippen LogP contribution is 2.42. The summed E-state index contributed by atoms with van der Waals surface area (Å²) in [6, 6.07) is 10.6. The molecule has 4 atom stereocenters. The number of β-amino-alcohol motifs (C(OH)–C–C–N with tert-alkyl or cyclic N) is 1. The van der Waals surface area contributed by atoms with Gasteiger partial charge in [-0.05, 0) is 69.4 Å². The van der Waals surface area contributed by atoms with E-state index in [-0.39, 0.29) is 61.7 Å². The number of carbonyl (C=O) groups is 3. The summed E-state index contributed by atoms with van der Waals surface area (Å²) in [5, 5.41) is 33.7. The first-order valence-electron chi connectivity index (χ1n) is 24.1. The van der Waals surface area contributed by atoms with Crippen molar-refractivity contribution in [1.82, 2.24) is 40.3 Å². The van der Waals surface area contributed by atoms with E-state index in [1.165, 1.54) is 30.8 Å². The van der Waals surface area contributed by atoms with Crippen LogP contribution in [0, 0.1) is 6.92 Å². The molecule has 4 aromatic rings. The Labute approximate surface area is 430 Å². The van der Waals surface area contributed by atoms with Gasteiger partial charge in [-0.15, -0.1) is 11.3 Å². The Hall–Kier alpha value is -5.21. The third kappa shape index (κ3) is 14.3. The zero-order chi connectivity index (χ0) is 52.5. The first kappa shape index (κ1) is 55.5. The molecular weight excluding hydrogens is 997 g/mol. The molecule has 1 saturated carbocycles. The molecular formula is C49H64F4N10O8S2. The van der Waals surface area contributed by atoms with E-state index in [1.807, 2.05) is 45.0 Å². The topological polar surface area (TPSA) is 216 Å². The lowest BCUT2D eigenvalue weighted by molar-refractivity contribution is -0.137. The van der Waals surface area contributed by atoms with Crippen LogP contribution < -0.4 is 26.0 Å². The van der Waals surface area contributed by atoms with Gasteiger partial charge in [-0.25, -0.2) is 14.4 Å². The van der Waals surface area contributed by atoms with Gasteiger partial charge >= 0.3 is 6.18 Å². The van der Waals surface area contributed by atoms with Crippen LogP contribution in [-0.2, 0) is 31.8 Å². The van der Waals surface area contributed by atoms with E-state index >= 15 is 4.39 Å². The number of methoxy groups -OCH3 is 1. The third-order valence-electron chi connectivity index (χ3n) is 13.1. The lowest BCUT2D eigenvalue weighted by Gasteiger charge is -2.42. The molecule has 2 aromatic heterocycles. The highest BCUT2D eigenvalue weighted by Gasteiger charge is 2.54. The monoisotopic (exact) mass is 1060 g/mol. The Kier molecular flexibility index (Phi) is 18.6. The Morgan fingerprint density at radius 2 is 1.71 bits per heavy atom. The maximum absolute atomic E-state index is 15.0. The molecule has 2 aliphatic heterocycles. The third-order valence-corrected chi connectivity index (χ3v) is 15.5. The maximum atomic E-state index is 15.0. The number of hydrogen-bond donors (Lipinski definition) is 6. The number of aromatic nitrogens is 3. The second-order valence-corrected chi connectivity index (χ2v) is 21.3. The molecule has 1 aliphatic carbocycles. The molecule has 18 nitrogen and oxygen atoms in total. The average Bonchev–Trinajstić information content (AvgIpc) is 3.78. The molecule has 398 valence electrons. The number of anilines is 3. The number of rotatable bonds is 24. The molecule has 0 radical (unpaired) electrons. The lowest BCUT2D eigenvalue weighted by atomic mass is 9.99. The molecule has 3 fully saturated rings. The van der Waals surface area contributed by atoms with Crippen LogP contribution >= 0.6 is 23.1 Å². The lowest BCUT2D eigenvalue weighted by Crippen LogP contribution is -2.63. The Morgan fingerprint density at radius 3 is 2.36 bits per heavy atom. The van der Waals surface area contributed by atoms with Crippen LogP contribution in [0.4, 0.5) is 35.0 Å². The number of aliphatic hydroxyl groups is 2. The van der Waals surface area contributed by atoms with E-state index in [0.29, 0.717) is 82.4 Å². The summed E-state index contributed by atoms with van der Waals surface area (Å²) in [7, 11) is 2.75. The van der Waals surface area contributed by atoms with Gasteiger partial charge in [0.25, 0.3) is 11.8 Å². The minimum absolute atomic E-state index is 0.0170. The van der Waals surface area contributed by atoms with Crippen LogP contribution in [0.2, 0.25) is 0 Å². The van der Waals surface area contributed by atoms with Gasteiger partial charge in [0.05, 0.1) is 73.5 Å². The fraction of sp³-hybridized carbons (Fsp3) is 0.551. The highest BCUT2D eigenvalue weighted by atomic mass is 32.2. The van der Waals surface area contributed by atoms with Gasteiger partial charge in [-0.3, -0.25) is 24.2 Å². The fourth-order valence-corrected chi connectivity index (χ4v) is 10.6. The van der Waals surface area contributed by atoms with Crippen molar-refractivity contribution in [3.05, 3.63) is 76.6 Å². The van der Waals surface area contributed by atoms with Crippen LogP contribution in [0.15, 0.2) is 54.2 Å². The van der Waals surface area contributed by atoms with Crippen molar-refractivity contribution < 1.29 is 56.4 Å². The number of aryl methyl sites for hydroxylation is 1. The molecule has 3 amide bonds. The predicted molar refractivity (Wildman–Crippen MR) is 270 cm³/mol. The van der Waals surface area contributed by atoms with E-state index in [1.54, 1.807) is 39.9 Å². The normalized spacial score (nSPS) is 19.0. The van der Waals surface area contributed by atoms with Crippen molar-refractivity contribution >= 4 is 58.3 Å². The number of nitrogens with one attached hydrogen (secondary N) is 4. The minimum atomic E-state index is -4.63. The summed E-state index contributed by atoms with van der Waals surface area (Å²) in [6.07, 6.45) is -6.02. The Balaban J connectivity index is 0.813. The van der Waals surface area contributed by atoms with Crippen LogP contribution in [0.25, 0.3) is 10.4 Å². The van der Waals surface area contributed by atoms with Crippen molar-refractivity contribution in [3.63, 3.8) is 0 Å². The van der Waals surface area contributed by atoms with Crippen molar-refractivity contribution in [3.8, 4) is 16.2 Å². The van der Waals surface area contributed by atoms with Gasteiger partial charge in [0.15, 0.2) is 5.67 Å². The largest absolute Gasteiger partial charge is 0.495 e. The zero-order valence-corrected chi connectivity index (χ0v) is 43.1. The number of benzene rings is 2.